The molecular weight excluding hydrogens is 470 g/mol. The van der Waals surface area contributed by atoms with E-state index in [9.17, 15) is 10.5 Å². The molecule has 0 bridgehead atoms. The maximum Gasteiger partial charge on any atom is 0.163 e. The predicted molar refractivity (Wildman–Crippen MR) is 146 cm³/mol. The molecule has 0 amide bonds. The van der Waals surface area contributed by atoms with E-state index in [1.54, 1.807) is 11.8 Å². The van der Waals surface area contributed by atoms with Gasteiger partial charge in [0, 0.05) is 23.5 Å². The number of ether oxygens (including phenoxy) is 2. The van der Waals surface area contributed by atoms with Gasteiger partial charge in [-0.15, -0.1) is 0 Å². The molecule has 1 aliphatic rings. The van der Waals surface area contributed by atoms with Gasteiger partial charge in [-0.3, -0.25) is 0 Å². The van der Waals surface area contributed by atoms with Gasteiger partial charge in [-0.25, -0.2) is 0 Å². The zero-order chi connectivity index (χ0) is 26.4. The Balaban J connectivity index is 2.14. The lowest BCUT2D eigenvalue weighted by Gasteiger charge is -2.35. The molecule has 0 aliphatic carbocycles. The molecule has 3 rings (SSSR count). The van der Waals surface area contributed by atoms with Crippen molar-refractivity contribution in [1.29, 1.82) is 10.5 Å². The second-order valence-electron chi connectivity index (χ2n) is 9.52. The first-order valence-corrected chi connectivity index (χ1v) is 13.2. The van der Waals surface area contributed by atoms with Gasteiger partial charge in [0.1, 0.15) is 29.0 Å². The maximum atomic E-state index is 10.2. The molecule has 0 aromatic heterocycles. The minimum absolute atomic E-state index is 0.239. The molecule has 0 saturated carbocycles. The van der Waals surface area contributed by atoms with Crippen LogP contribution in [0.15, 0.2) is 34.1 Å². The SMILES string of the molecule is CCN1c2ccccc2Sc2c(OCCC(C)N(C)C)c(C#N)c(C#N)c(OCCC(C)N(C)C)c21. The van der Waals surface area contributed by atoms with E-state index in [2.05, 4.69) is 59.7 Å². The number of hydrogen-bond donors (Lipinski definition) is 0. The average Bonchev–Trinajstić information content (AvgIpc) is 2.87. The van der Waals surface area contributed by atoms with Crippen molar-refractivity contribution >= 4 is 23.1 Å². The molecule has 7 nitrogen and oxygen atoms in total. The third-order valence-corrected chi connectivity index (χ3v) is 7.99. The second kappa shape index (κ2) is 12.4. The van der Waals surface area contributed by atoms with Gasteiger partial charge in [0.15, 0.2) is 11.5 Å². The van der Waals surface area contributed by atoms with Gasteiger partial charge in [-0.05, 0) is 73.9 Å². The maximum absolute atomic E-state index is 10.2. The van der Waals surface area contributed by atoms with Crippen LogP contribution in [0.1, 0.15) is 44.7 Å². The monoisotopic (exact) mass is 507 g/mol. The van der Waals surface area contributed by atoms with Crippen LogP contribution in [0.5, 0.6) is 11.5 Å². The van der Waals surface area contributed by atoms with Crippen LogP contribution < -0.4 is 14.4 Å². The van der Waals surface area contributed by atoms with Crippen LogP contribution >= 0.6 is 11.8 Å². The molecule has 2 aromatic carbocycles. The number of hydrogen-bond acceptors (Lipinski definition) is 8. The Morgan fingerprint density at radius 1 is 0.889 bits per heavy atom. The van der Waals surface area contributed by atoms with E-state index in [0.29, 0.717) is 43.3 Å². The van der Waals surface area contributed by atoms with Crippen LogP contribution in [0.4, 0.5) is 11.4 Å². The van der Waals surface area contributed by atoms with Gasteiger partial charge in [-0.1, -0.05) is 23.9 Å². The highest BCUT2D eigenvalue weighted by Crippen LogP contribution is 2.57. The van der Waals surface area contributed by atoms with E-state index in [-0.39, 0.29) is 11.1 Å². The summed E-state index contributed by atoms with van der Waals surface area (Å²) in [4.78, 5) is 8.36. The zero-order valence-corrected chi connectivity index (χ0v) is 23.3. The fourth-order valence-corrected chi connectivity index (χ4v) is 5.21. The van der Waals surface area contributed by atoms with Crippen molar-refractivity contribution < 1.29 is 9.47 Å². The van der Waals surface area contributed by atoms with E-state index in [0.717, 1.165) is 34.0 Å². The highest BCUT2D eigenvalue weighted by molar-refractivity contribution is 7.99. The second-order valence-corrected chi connectivity index (χ2v) is 10.6. The van der Waals surface area contributed by atoms with Crippen molar-refractivity contribution in [2.45, 2.75) is 55.5 Å². The Hall–Kier alpha value is -2.91. The Morgan fingerprint density at radius 2 is 1.42 bits per heavy atom. The molecule has 1 aliphatic heterocycles. The fourth-order valence-electron chi connectivity index (χ4n) is 4.01. The van der Waals surface area contributed by atoms with Gasteiger partial charge < -0.3 is 24.2 Å². The van der Waals surface area contributed by atoms with Crippen molar-refractivity contribution in [1.82, 2.24) is 9.80 Å². The van der Waals surface area contributed by atoms with Gasteiger partial charge in [0.25, 0.3) is 0 Å². The highest BCUT2D eigenvalue weighted by Gasteiger charge is 2.34. The van der Waals surface area contributed by atoms with Gasteiger partial charge >= 0.3 is 0 Å². The molecule has 0 radical (unpaired) electrons. The topological polar surface area (TPSA) is 75.8 Å². The van der Waals surface area contributed by atoms with Crippen molar-refractivity contribution in [3.63, 3.8) is 0 Å². The van der Waals surface area contributed by atoms with Crippen molar-refractivity contribution in [2.75, 3.05) is 52.8 Å². The summed E-state index contributed by atoms with van der Waals surface area (Å²) in [6.45, 7) is 7.93. The first-order valence-electron chi connectivity index (χ1n) is 12.4. The molecule has 2 unspecified atom stereocenters. The Morgan fingerprint density at radius 3 is 1.94 bits per heavy atom. The standard InChI is InChI=1S/C28H37N5O2S/c1-8-33-23-11-9-10-12-24(23)36-28-25(33)26(34-15-13-19(2)31(4)5)21(17-29)22(18-30)27(28)35-16-14-20(3)32(6)7/h9-12,19-20H,8,13-16H2,1-7H3. The van der Waals surface area contributed by atoms with Gasteiger partial charge in [-0.2, -0.15) is 10.5 Å². The van der Waals surface area contributed by atoms with E-state index in [1.165, 1.54) is 0 Å². The first kappa shape index (κ1) is 27.7. The molecule has 0 saturated heterocycles. The lowest BCUT2D eigenvalue weighted by molar-refractivity contribution is 0.227. The highest BCUT2D eigenvalue weighted by atomic mass is 32.2. The number of nitrogens with zero attached hydrogens (tertiary/aromatic N) is 5. The minimum Gasteiger partial charge on any atom is -0.491 e. The summed E-state index contributed by atoms with van der Waals surface area (Å²) in [7, 11) is 8.15. The van der Waals surface area contributed by atoms with Gasteiger partial charge in [0.05, 0.1) is 23.8 Å². The van der Waals surface area contributed by atoms with Crippen LogP contribution in [0.3, 0.4) is 0 Å². The number of para-hydroxylation sites is 1. The molecule has 36 heavy (non-hydrogen) atoms. The van der Waals surface area contributed by atoms with Crippen molar-refractivity contribution in [2.24, 2.45) is 0 Å². The zero-order valence-electron chi connectivity index (χ0n) is 22.5. The smallest absolute Gasteiger partial charge is 0.163 e. The quantitative estimate of drug-likeness (QED) is 0.395. The summed E-state index contributed by atoms with van der Waals surface area (Å²) in [5.41, 5.74) is 2.35. The van der Waals surface area contributed by atoms with Crippen molar-refractivity contribution in [3.05, 3.63) is 35.4 Å². The molecule has 0 spiro atoms. The van der Waals surface area contributed by atoms with E-state index in [1.807, 2.05) is 40.3 Å². The summed E-state index contributed by atoms with van der Waals surface area (Å²) >= 11 is 1.58. The van der Waals surface area contributed by atoms with Crippen LogP contribution in [-0.4, -0.2) is 69.8 Å². The molecule has 2 aromatic rings. The molecule has 8 heteroatoms. The Kier molecular flexibility index (Phi) is 9.50. The molecular formula is C28H37N5O2S. The van der Waals surface area contributed by atoms with E-state index >= 15 is 0 Å². The predicted octanol–water partition coefficient (Wildman–Crippen LogP) is 5.49. The average molecular weight is 508 g/mol. The Bertz CT molecular complexity index is 1150. The third-order valence-electron chi connectivity index (χ3n) is 6.85. The van der Waals surface area contributed by atoms with E-state index < -0.39 is 0 Å². The molecule has 1 heterocycles. The summed E-state index contributed by atoms with van der Waals surface area (Å²) in [5, 5.41) is 20.4. The number of anilines is 2. The van der Waals surface area contributed by atoms with Crippen LogP contribution in [0, 0.1) is 22.7 Å². The molecule has 0 fully saturated rings. The molecule has 192 valence electrons. The summed E-state index contributed by atoms with van der Waals surface area (Å²) < 4.78 is 12.7. The number of fused-ring (bicyclic) bond motifs is 2. The largest absolute Gasteiger partial charge is 0.491 e. The lowest BCUT2D eigenvalue weighted by Crippen LogP contribution is -2.27. The lowest BCUT2D eigenvalue weighted by atomic mass is 10.0. The molecule has 0 N–H and O–H groups in total. The Labute approximate surface area is 220 Å². The normalized spacial score (nSPS) is 14.0. The summed E-state index contributed by atoms with van der Waals surface area (Å²) in [6.07, 6.45) is 1.60. The van der Waals surface area contributed by atoms with Crippen molar-refractivity contribution in [3.8, 4) is 23.6 Å². The summed E-state index contributed by atoms with van der Waals surface area (Å²) in [5.74, 6) is 0.940. The number of benzene rings is 2. The van der Waals surface area contributed by atoms with Crippen LogP contribution in [0.25, 0.3) is 0 Å². The van der Waals surface area contributed by atoms with E-state index in [4.69, 9.17) is 9.47 Å². The van der Waals surface area contributed by atoms with Gasteiger partial charge in [0.2, 0.25) is 0 Å². The third kappa shape index (κ3) is 5.73. The first-order chi connectivity index (χ1) is 17.2. The fraction of sp³-hybridized carbons (Fsp3) is 0.500. The molecule has 2 atom stereocenters. The number of nitriles is 2. The number of rotatable bonds is 11. The minimum atomic E-state index is 0.239. The van der Waals surface area contributed by atoms with Crippen LogP contribution in [-0.2, 0) is 0 Å². The van der Waals surface area contributed by atoms with Crippen LogP contribution in [0.2, 0.25) is 0 Å². The summed E-state index contributed by atoms with van der Waals surface area (Å²) in [6, 6.07) is 13.4.